The second-order valence-corrected chi connectivity index (χ2v) is 9.64. The minimum absolute atomic E-state index is 0.346. The molecule has 160 valence electrons. The highest BCUT2D eigenvalue weighted by molar-refractivity contribution is 7.84. The molecule has 0 bridgehead atoms. The molecule has 4 nitrogen and oxygen atoms in total. The van der Waals surface area contributed by atoms with Gasteiger partial charge in [0.05, 0.1) is 5.66 Å². The molecule has 0 saturated carbocycles. The van der Waals surface area contributed by atoms with Crippen LogP contribution in [-0.2, 0) is 10.8 Å². The number of hydrogen-bond acceptors (Lipinski definition) is 3. The van der Waals surface area contributed by atoms with Crippen LogP contribution < -0.4 is 0 Å². The van der Waals surface area contributed by atoms with Crippen molar-refractivity contribution < 1.29 is 17.8 Å². The molecule has 2 atom stereocenters. The predicted octanol–water partition coefficient (Wildman–Crippen LogP) is 4.42. The number of nitrogens with zero attached hydrogens (tertiary/aromatic N) is 2. The standard InChI is InChI=1S/C23H26F2N2O2S/c1-23(26-11-3-4-12-26)10-5-13-27(23)22(28)21-19(24)14-17(15-20(21)25)16-6-8-18(9-7-16)30(2)29/h6-9,14-15H,3-5,10-13H2,1-2H3/t23-,30?/m0/s1. The van der Waals surface area contributed by atoms with E-state index >= 15 is 0 Å². The van der Waals surface area contributed by atoms with Crippen molar-refractivity contribution in [3.63, 3.8) is 0 Å². The second-order valence-electron chi connectivity index (χ2n) is 8.26. The van der Waals surface area contributed by atoms with Gasteiger partial charge >= 0.3 is 0 Å². The zero-order valence-electron chi connectivity index (χ0n) is 17.3. The lowest BCUT2D eigenvalue weighted by Gasteiger charge is -2.42. The Balaban J connectivity index is 1.64. The van der Waals surface area contributed by atoms with Gasteiger partial charge < -0.3 is 4.90 Å². The molecule has 0 aliphatic carbocycles. The molecular weight excluding hydrogens is 406 g/mol. The molecule has 4 rings (SSSR count). The van der Waals surface area contributed by atoms with Gasteiger partial charge in [-0.1, -0.05) is 12.1 Å². The van der Waals surface area contributed by atoms with Gasteiger partial charge in [-0.05, 0) is 68.0 Å². The lowest BCUT2D eigenvalue weighted by atomic mass is 10.0. The molecule has 1 amide bonds. The summed E-state index contributed by atoms with van der Waals surface area (Å²) in [6.07, 6.45) is 5.37. The fraction of sp³-hybridized carbons (Fsp3) is 0.435. The highest BCUT2D eigenvalue weighted by Gasteiger charge is 2.46. The summed E-state index contributed by atoms with van der Waals surface area (Å²) in [4.78, 5) is 17.8. The molecule has 1 unspecified atom stereocenters. The fourth-order valence-corrected chi connectivity index (χ4v) is 5.23. The van der Waals surface area contributed by atoms with Gasteiger partial charge in [0.25, 0.3) is 5.91 Å². The van der Waals surface area contributed by atoms with E-state index in [1.165, 1.54) is 12.1 Å². The first-order valence-corrected chi connectivity index (χ1v) is 11.9. The first-order chi connectivity index (χ1) is 14.3. The van der Waals surface area contributed by atoms with E-state index in [2.05, 4.69) is 4.90 Å². The molecule has 30 heavy (non-hydrogen) atoms. The van der Waals surface area contributed by atoms with Gasteiger partial charge in [0.1, 0.15) is 17.2 Å². The van der Waals surface area contributed by atoms with E-state index in [4.69, 9.17) is 0 Å². The summed E-state index contributed by atoms with van der Waals surface area (Å²) in [5.74, 6) is -2.29. The van der Waals surface area contributed by atoms with E-state index < -0.39 is 39.6 Å². The molecule has 2 aliphatic rings. The Bertz CT molecular complexity index is 966. The highest BCUT2D eigenvalue weighted by Crippen LogP contribution is 2.37. The third-order valence-corrected chi connectivity index (χ3v) is 7.36. The Morgan fingerprint density at radius 2 is 1.57 bits per heavy atom. The van der Waals surface area contributed by atoms with Crippen molar-refractivity contribution in [3.05, 3.63) is 53.6 Å². The molecule has 2 aromatic carbocycles. The summed E-state index contributed by atoms with van der Waals surface area (Å²) >= 11 is 0. The van der Waals surface area contributed by atoms with Gasteiger partial charge in [0.15, 0.2) is 0 Å². The summed E-state index contributed by atoms with van der Waals surface area (Å²) in [7, 11) is -1.12. The van der Waals surface area contributed by atoms with E-state index in [-0.39, 0.29) is 0 Å². The first-order valence-electron chi connectivity index (χ1n) is 10.3. The number of benzene rings is 2. The third-order valence-electron chi connectivity index (χ3n) is 6.42. The number of halogens is 2. The van der Waals surface area contributed by atoms with Crippen molar-refractivity contribution in [2.45, 2.75) is 43.2 Å². The van der Waals surface area contributed by atoms with Crippen LogP contribution in [0.15, 0.2) is 41.3 Å². The average Bonchev–Trinajstić information content (AvgIpc) is 3.38. The van der Waals surface area contributed by atoms with Crippen molar-refractivity contribution in [2.75, 3.05) is 25.9 Å². The predicted molar refractivity (Wildman–Crippen MR) is 114 cm³/mol. The summed E-state index contributed by atoms with van der Waals surface area (Å²) in [6.45, 7) is 4.32. The first kappa shape index (κ1) is 21.1. The minimum atomic E-state index is -1.12. The summed E-state index contributed by atoms with van der Waals surface area (Å²) in [5.41, 5.74) is -0.0309. The molecule has 2 fully saturated rings. The van der Waals surface area contributed by atoms with Crippen molar-refractivity contribution in [1.29, 1.82) is 0 Å². The molecular formula is C23H26F2N2O2S. The van der Waals surface area contributed by atoms with Crippen LogP contribution in [0.5, 0.6) is 0 Å². The molecule has 0 aromatic heterocycles. The van der Waals surface area contributed by atoms with Crippen molar-refractivity contribution in [2.24, 2.45) is 0 Å². The van der Waals surface area contributed by atoms with Crippen LogP contribution in [0.1, 0.15) is 43.0 Å². The maximum Gasteiger partial charge on any atom is 0.261 e. The van der Waals surface area contributed by atoms with E-state index in [0.717, 1.165) is 38.8 Å². The zero-order chi connectivity index (χ0) is 21.5. The largest absolute Gasteiger partial charge is 0.320 e. The molecule has 2 heterocycles. The summed E-state index contributed by atoms with van der Waals surface area (Å²) in [5, 5.41) is 0. The topological polar surface area (TPSA) is 40.6 Å². The number of carbonyl (C=O) groups is 1. The van der Waals surface area contributed by atoms with Gasteiger partial charge in [-0.2, -0.15) is 0 Å². The molecule has 2 aromatic rings. The number of hydrogen-bond donors (Lipinski definition) is 0. The Morgan fingerprint density at radius 1 is 0.967 bits per heavy atom. The Kier molecular flexibility index (Phi) is 5.77. The van der Waals surface area contributed by atoms with Crippen LogP contribution in [0.25, 0.3) is 11.1 Å². The van der Waals surface area contributed by atoms with Gasteiger partial charge in [-0.15, -0.1) is 0 Å². The quantitative estimate of drug-likeness (QED) is 0.718. The Labute approximate surface area is 178 Å². The lowest BCUT2D eigenvalue weighted by molar-refractivity contribution is 0.00398. The lowest BCUT2D eigenvalue weighted by Crippen LogP contribution is -2.56. The molecule has 0 N–H and O–H groups in total. The fourth-order valence-electron chi connectivity index (χ4n) is 4.71. The maximum atomic E-state index is 15.0. The summed E-state index contributed by atoms with van der Waals surface area (Å²) in [6, 6.07) is 9.11. The number of carbonyl (C=O) groups excluding carboxylic acids is 1. The number of likely N-dealkylation sites (tertiary alicyclic amines) is 2. The molecule has 0 spiro atoms. The maximum absolute atomic E-state index is 15.0. The highest BCUT2D eigenvalue weighted by atomic mass is 32.2. The molecule has 2 aliphatic heterocycles. The van der Waals surface area contributed by atoms with E-state index in [1.807, 2.05) is 6.92 Å². The smallest absolute Gasteiger partial charge is 0.261 e. The SMILES string of the molecule is CS(=O)c1ccc(-c2cc(F)c(C(=O)N3CCC[C@@]3(C)N3CCCC3)c(F)c2)cc1. The van der Waals surface area contributed by atoms with Crippen LogP contribution in [0.2, 0.25) is 0 Å². The van der Waals surface area contributed by atoms with E-state index in [0.29, 0.717) is 22.6 Å². The van der Waals surface area contributed by atoms with Crippen LogP contribution in [0, 0.1) is 11.6 Å². The van der Waals surface area contributed by atoms with Crippen LogP contribution in [0.3, 0.4) is 0 Å². The summed E-state index contributed by atoms with van der Waals surface area (Å²) < 4.78 is 41.5. The van der Waals surface area contributed by atoms with Gasteiger partial charge in [-0.3, -0.25) is 13.9 Å². The van der Waals surface area contributed by atoms with Crippen LogP contribution in [0.4, 0.5) is 8.78 Å². The van der Waals surface area contributed by atoms with E-state index in [1.54, 1.807) is 35.4 Å². The van der Waals surface area contributed by atoms with Crippen LogP contribution in [-0.4, -0.2) is 51.5 Å². The Morgan fingerprint density at radius 3 is 2.13 bits per heavy atom. The van der Waals surface area contributed by atoms with Crippen molar-refractivity contribution in [1.82, 2.24) is 9.80 Å². The molecule has 2 saturated heterocycles. The zero-order valence-corrected chi connectivity index (χ0v) is 18.1. The van der Waals surface area contributed by atoms with Gasteiger partial charge in [0, 0.05) is 41.6 Å². The Hall–Kier alpha value is -2.12. The average molecular weight is 433 g/mol. The normalized spacial score (nSPS) is 23.1. The van der Waals surface area contributed by atoms with Crippen LogP contribution >= 0.6 is 0 Å². The van der Waals surface area contributed by atoms with Gasteiger partial charge in [-0.25, -0.2) is 8.78 Å². The van der Waals surface area contributed by atoms with E-state index in [9.17, 15) is 17.8 Å². The van der Waals surface area contributed by atoms with Crippen molar-refractivity contribution >= 4 is 16.7 Å². The third kappa shape index (κ3) is 3.69. The number of rotatable bonds is 4. The molecule has 0 radical (unpaired) electrons. The minimum Gasteiger partial charge on any atom is -0.320 e. The number of amides is 1. The van der Waals surface area contributed by atoms with Crippen molar-refractivity contribution in [3.8, 4) is 11.1 Å². The van der Waals surface area contributed by atoms with Gasteiger partial charge in [0.2, 0.25) is 0 Å². The second kappa shape index (κ2) is 8.19. The molecule has 7 heteroatoms. The monoisotopic (exact) mass is 432 g/mol.